The molecule has 2 aromatic carbocycles. The molecule has 0 aliphatic carbocycles. The van der Waals surface area contributed by atoms with E-state index in [1.165, 1.54) is 21.9 Å². The van der Waals surface area contributed by atoms with Gasteiger partial charge in [0.05, 0.1) is 6.61 Å². The number of fused-ring (bicyclic) bond motifs is 1. The molecule has 0 bridgehead atoms. The van der Waals surface area contributed by atoms with Crippen LogP contribution in [0.1, 0.15) is 11.1 Å². The largest absolute Gasteiger partial charge is 0.395 e. The van der Waals surface area contributed by atoms with Gasteiger partial charge in [-0.3, -0.25) is 0 Å². The fraction of sp³-hybridized carbons (Fsp3) is 0.375. The average molecular weight is 258 g/mol. The molecule has 0 saturated heterocycles. The van der Waals surface area contributed by atoms with E-state index in [1.54, 1.807) is 0 Å². The number of aliphatic hydroxyl groups is 1. The number of benzene rings is 2. The van der Waals surface area contributed by atoms with Crippen molar-refractivity contribution in [3.8, 4) is 0 Å². The Morgan fingerprint density at radius 3 is 2.68 bits per heavy atom. The first-order valence-electron chi connectivity index (χ1n) is 6.75. The Morgan fingerprint density at radius 2 is 1.89 bits per heavy atom. The van der Waals surface area contributed by atoms with Crippen molar-refractivity contribution in [3.05, 3.63) is 47.5 Å². The highest BCUT2D eigenvalue weighted by atomic mass is 16.3. The smallest absolute Gasteiger partial charge is 0.0594 e. The van der Waals surface area contributed by atoms with Crippen LogP contribution in [0.25, 0.3) is 10.8 Å². The minimum Gasteiger partial charge on any atom is -0.395 e. The van der Waals surface area contributed by atoms with Crippen LogP contribution in [0.2, 0.25) is 0 Å². The van der Waals surface area contributed by atoms with E-state index in [4.69, 9.17) is 10.8 Å². The molecular weight excluding hydrogens is 236 g/mol. The number of nitrogens with two attached hydrogens (primary N) is 1. The lowest BCUT2D eigenvalue weighted by molar-refractivity contribution is 0.262. The van der Waals surface area contributed by atoms with Gasteiger partial charge in [0.25, 0.3) is 0 Å². The Bertz CT molecular complexity index is 539. The monoisotopic (exact) mass is 258 g/mol. The van der Waals surface area contributed by atoms with E-state index in [2.05, 4.69) is 48.6 Å². The van der Waals surface area contributed by atoms with Crippen LogP contribution in [0.4, 0.5) is 0 Å². The molecule has 1 atom stereocenters. The molecule has 2 rings (SSSR count). The Labute approximate surface area is 114 Å². The summed E-state index contributed by atoms with van der Waals surface area (Å²) in [5, 5.41) is 14.7. The number of nitrogens with one attached hydrogen (secondary N) is 1. The second-order valence-electron chi connectivity index (χ2n) is 5.08. The lowest BCUT2D eigenvalue weighted by atomic mass is 10.0. The highest BCUT2D eigenvalue weighted by Crippen LogP contribution is 2.17. The van der Waals surface area contributed by atoms with Crippen molar-refractivity contribution in [1.29, 1.82) is 0 Å². The van der Waals surface area contributed by atoms with Gasteiger partial charge in [0, 0.05) is 12.6 Å². The fourth-order valence-electron chi connectivity index (χ4n) is 2.15. The molecule has 0 spiro atoms. The normalized spacial score (nSPS) is 12.8. The molecule has 2 aromatic rings. The van der Waals surface area contributed by atoms with Gasteiger partial charge in [-0.1, -0.05) is 42.0 Å². The Balaban J connectivity index is 1.92. The molecule has 1 unspecified atom stereocenters. The number of hydrogen-bond acceptors (Lipinski definition) is 3. The summed E-state index contributed by atoms with van der Waals surface area (Å²) in [6.45, 7) is 3.68. The molecule has 3 nitrogen and oxygen atoms in total. The molecule has 0 heterocycles. The van der Waals surface area contributed by atoms with Crippen molar-refractivity contribution >= 4 is 10.8 Å². The quantitative estimate of drug-likeness (QED) is 0.690. The van der Waals surface area contributed by atoms with E-state index in [1.807, 2.05) is 0 Å². The third-order valence-electron chi connectivity index (χ3n) is 3.29. The van der Waals surface area contributed by atoms with Crippen LogP contribution in [0, 0.1) is 6.92 Å². The van der Waals surface area contributed by atoms with Gasteiger partial charge in [0.1, 0.15) is 0 Å². The molecule has 4 N–H and O–H groups in total. The Kier molecular flexibility index (Phi) is 4.91. The van der Waals surface area contributed by atoms with Gasteiger partial charge < -0.3 is 16.2 Å². The molecule has 0 aliphatic heterocycles. The minimum atomic E-state index is -0.167. The van der Waals surface area contributed by atoms with Crippen molar-refractivity contribution in [3.63, 3.8) is 0 Å². The van der Waals surface area contributed by atoms with E-state index in [0.717, 1.165) is 13.0 Å². The molecule has 0 saturated carbocycles. The molecular formula is C16H22N2O. The molecule has 0 radical (unpaired) electrons. The molecule has 0 amide bonds. The van der Waals surface area contributed by atoms with Gasteiger partial charge >= 0.3 is 0 Å². The van der Waals surface area contributed by atoms with Crippen LogP contribution >= 0.6 is 0 Å². The number of rotatable bonds is 6. The Hall–Kier alpha value is -1.42. The summed E-state index contributed by atoms with van der Waals surface area (Å²) < 4.78 is 0. The van der Waals surface area contributed by atoms with Crippen LogP contribution < -0.4 is 11.1 Å². The summed E-state index contributed by atoms with van der Waals surface area (Å²) in [5.74, 6) is 0. The molecule has 102 valence electrons. The molecule has 0 fully saturated rings. The van der Waals surface area contributed by atoms with Crippen LogP contribution in [0.15, 0.2) is 36.4 Å². The van der Waals surface area contributed by atoms with Crippen LogP contribution in [0.3, 0.4) is 0 Å². The minimum absolute atomic E-state index is 0.0301. The first-order valence-corrected chi connectivity index (χ1v) is 6.75. The number of hydrogen-bond donors (Lipinski definition) is 3. The molecule has 19 heavy (non-hydrogen) atoms. The predicted octanol–water partition coefficient (Wildman–Crippen LogP) is 1.60. The van der Waals surface area contributed by atoms with Gasteiger partial charge in [0.2, 0.25) is 0 Å². The second-order valence-corrected chi connectivity index (χ2v) is 5.08. The van der Waals surface area contributed by atoms with Crippen molar-refractivity contribution in [2.45, 2.75) is 19.4 Å². The SMILES string of the molecule is Cc1ccc2cc(CCNCC(N)CO)ccc2c1. The van der Waals surface area contributed by atoms with Gasteiger partial charge in [-0.2, -0.15) is 0 Å². The molecule has 3 heteroatoms. The van der Waals surface area contributed by atoms with Crippen molar-refractivity contribution in [2.24, 2.45) is 5.73 Å². The lowest BCUT2D eigenvalue weighted by Gasteiger charge is -2.10. The maximum absolute atomic E-state index is 8.83. The van der Waals surface area contributed by atoms with Gasteiger partial charge in [-0.25, -0.2) is 0 Å². The van der Waals surface area contributed by atoms with Crippen LogP contribution in [-0.4, -0.2) is 30.8 Å². The summed E-state index contributed by atoms with van der Waals surface area (Å²) in [7, 11) is 0. The zero-order chi connectivity index (χ0) is 13.7. The highest BCUT2D eigenvalue weighted by molar-refractivity contribution is 5.83. The van der Waals surface area contributed by atoms with E-state index >= 15 is 0 Å². The number of aryl methyl sites for hydroxylation is 1. The lowest BCUT2D eigenvalue weighted by Crippen LogP contribution is -2.37. The number of aliphatic hydroxyl groups excluding tert-OH is 1. The molecule has 0 aliphatic rings. The van der Waals surface area contributed by atoms with Crippen LogP contribution in [0.5, 0.6) is 0 Å². The standard InChI is InChI=1S/C16H22N2O/c1-12-2-4-15-9-13(3-5-14(15)8-12)6-7-18-10-16(17)11-19/h2-5,8-9,16,18-19H,6-7,10-11,17H2,1H3. The molecule has 0 aromatic heterocycles. The second kappa shape index (κ2) is 6.66. The van der Waals surface area contributed by atoms with E-state index in [0.29, 0.717) is 6.54 Å². The van der Waals surface area contributed by atoms with Crippen molar-refractivity contribution in [2.75, 3.05) is 19.7 Å². The van der Waals surface area contributed by atoms with Gasteiger partial charge in [-0.05, 0) is 36.2 Å². The van der Waals surface area contributed by atoms with E-state index in [-0.39, 0.29) is 12.6 Å². The van der Waals surface area contributed by atoms with E-state index < -0.39 is 0 Å². The zero-order valence-corrected chi connectivity index (χ0v) is 11.4. The summed E-state index contributed by atoms with van der Waals surface area (Å²) in [5.41, 5.74) is 8.24. The summed E-state index contributed by atoms with van der Waals surface area (Å²) in [6, 6.07) is 12.9. The third-order valence-corrected chi connectivity index (χ3v) is 3.29. The highest BCUT2D eigenvalue weighted by Gasteiger charge is 2.00. The average Bonchev–Trinajstić information content (AvgIpc) is 2.43. The van der Waals surface area contributed by atoms with Crippen LogP contribution in [-0.2, 0) is 6.42 Å². The summed E-state index contributed by atoms with van der Waals surface area (Å²) >= 11 is 0. The Morgan fingerprint density at radius 1 is 1.16 bits per heavy atom. The van der Waals surface area contributed by atoms with Gasteiger partial charge in [-0.15, -0.1) is 0 Å². The fourth-order valence-corrected chi connectivity index (χ4v) is 2.15. The third kappa shape index (κ3) is 4.03. The summed E-state index contributed by atoms with van der Waals surface area (Å²) in [6.07, 6.45) is 0.974. The van der Waals surface area contributed by atoms with Gasteiger partial charge in [0.15, 0.2) is 0 Å². The predicted molar refractivity (Wildman–Crippen MR) is 80.3 cm³/mol. The summed E-state index contributed by atoms with van der Waals surface area (Å²) in [4.78, 5) is 0. The van der Waals surface area contributed by atoms with Crippen molar-refractivity contribution < 1.29 is 5.11 Å². The van der Waals surface area contributed by atoms with E-state index in [9.17, 15) is 0 Å². The first kappa shape index (κ1) is 14.0. The maximum Gasteiger partial charge on any atom is 0.0594 e. The maximum atomic E-state index is 8.83. The zero-order valence-electron chi connectivity index (χ0n) is 11.4. The van der Waals surface area contributed by atoms with Crippen molar-refractivity contribution in [1.82, 2.24) is 5.32 Å². The first-order chi connectivity index (χ1) is 9.19. The topological polar surface area (TPSA) is 58.3 Å².